The van der Waals surface area contributed by atoms with Crippen molar-refractivity contribution in [2.24, 2.45) is 16.5 Å². The number of nitrogens with zero attached hydrogens (tertiary/aromatic N) is 4. The van der Waals surface area contributed by atoms with Crippen LogP contribution in [0.1, 0.15) is 10.4 Å². The zero-order valence-corrected chi connectivity index (χ0v) is 11.9. The number of guanidine groups is 1. The number of hydrogen-bond acceptors (Lipinski definition) is 5. The molecule has 0 bridgehead atoms. The fraction of sp³-hybridized carbons (Fsp3) is 0. The molecule has 0 radical (unpaired) electrons. The van der Waals surface area contributed by atoms with E-state index in [1.54, 1.807) is 42.7 Å². The van der Waals surface area contributed by atoms with E-state index in [9.17, 15) is 4.79 Å². The van der Waals surface area contributed by atoms with Crippen LogP contribution in [-0.2, 0) is 0 Å². The number of amides is 1. The Kier molecular flexibility index (Phi) is 3.79. The summed E-state index contributed by atoms with van der Waals surface area (Å²) in [4.78, 5) is 23.5. The molecule has 114 valence electrons. The van der Waals surface area contributed by atoms with Crippen molar-refractivity contribution in [3.05, 3.63) is 54.4 Å². The number of carbonyl (C=O) groups is 1. The molecule has 2 aromatic heterocycles. The zero-order chi connectivity index (χ0) is 16.2. The maximum Gasteiger partial charge on any atom is 0.280 e. The Bertz CT molecular complexity index is 851. The summed E-state index contributed by atoms with van der Waals surface area (Å²) in [7, 11) is 0. The van der Waals surface area contributed by atoms with Crippen molar-refractivity contribution >= 4 is 11.9 Å². The molecule has 0 aliphatic rings. The van der Waals surface area contributed by atoms with E-state index in [1.165, 1.54) is 0 Å². The van der Waals surface area contributed by atoms with Crippen LogP contribution in [0.2, 0.25) is 0 Å². The summed E-state index contributed by atoms with van der Waals surface area (Å²) < 4.78 is 5.21. The predicted octanol–water partition coefficient (Wildman–Crippen LogP) is 1.21. The third kappa shape index (κ3) is 3.21. The van der Waals surface area contributed by atoms with E-state index in [4.69, 9.17) is 16.0 Å². The van der Waals surface area contributed by atoms with Gasteiger partial charge in [-0.2, -0.15) is 9.98 Å². The normalized spacial score (nSPS) is 10.3. The van der Waals surface area contributed by atoms with Gasteiger partial charge in [0, 0.05) is 23.5 Å². The highest BCUT2D eigenvalue weighted by molar-refractivity contribution is 6.02. The number of aromatic nitrogens is 3. The first-order chi connectivity index (χ1) is 11.1. The predicted molar refractivity (Wildman–Crippen MR) is 83.1 cm³/mol. The monoisotopic (exact) mass is 308 g/mol. The Balaban J connectivity index is 1.85. The molecule has 0 atom stereocenters. The smallest absolute Gasteiger partial charge is 0.280 e. The van der Waals surface area contributed by atoms with Crippen LogP contribution in [0.4, 0.5) is 0 Å². The highest BCUT2D eigenvalue weighted by Crippen LogP contribution is 2.21. The van der Waals surface area contributed by atoms with E-state index >= 15 is 0 Å². The lowest BCUT2D eigenvalue weighted by molar-refractivity contribution is 0.100. The SMILES string of the molecule is NC(N)=NC(=O)c1ccc(-c2noc(-c3cccnc3)n2)cc1. The Morgan fingerprint density at radius 3 is 2.52 bits per heavy atom. The molecule has 2 heterocycles. The molecular formula is C15H12N6O2. The van der Waals surface area contributed by atoms with Gasteiger partial charge in [-0.25, -0.2) is 0 Å². The Labute approximate surface area is 130 Å². The molecule has 0 fully saturated rings. The van der Waals surface area contributed by atoms with Gasteiger partial charge in [-0.3, -0.25) is 9.78 Å². The average Bonchev–Trinajstić information content (AvgIpc) is 3.05. The Hall–Kier alpha value is -3.55. The van der Waals surface area contributed by atoms with Crippen molar-refractivity contribution in [3.8, 4) is 22.8 Å². The van der Waals surface area contributed by atoms with Crippen LogP contribution in [0.3, 0.4) is 0 Å². The first-order valence-electron chi connectivity index (χ1n) is 6.62. The second-order valence-electron chi connectivity index (χ2n) is 4.58. The van der Waals surface area contributed by atoms with Gasteiger partial charge in [-0.15, -0.1) is 0 Å². The molecule has 3 rings (SSSR count). The van der Waals surface area contributed by atoms with Crippen molar-refractivity contribution in [3.63, 3.8) is 0 Å². The lowest BCUT2D eigenvalue weighted by Crippen LogP contribution is -2.24. The maximum absolute atomic E-state index is 11.7. The second-order valence-corrected chi connectivity index (χ2v) is 4.58. The minimum absolute atomic E-state index is 0.279. The van der Waals surface area contributed by atoms with E-state index < -0.39 is 5.91 Å². The van der Waals surface area contributed by atoms with Crippen LogP contribution in [0.15, 0.2) is 58.3 Å². The molecule has 0 saturated carbocycles. The van der Waals surface area contributed by atoms with Crippen molar-refractivity contribution in [1.82, 2.24) is 15.1 Å². The molecule has 8 nitrogen and oxygen atoms in total. The van der Waals surface area contributed by atoms with Crippen LogP contribution >= 0.6 is 0 Å². The Morgan fingerprint density at radius 1 is 1.09 bits per heavy atom. The van der Waals surface area contributed by atoms with Crippen LogP contribution in [-0.4, -0.2) is 27.0 Å². The number of carbonyl (C=O) groups excluding carboxylic acids is 1. The summed E-state index contributed by atoms with van der Waals surface area (Å²) in [5, 5.41) is 3.92. The van der Waals surface area contributed by atoms with Crippen molar-refractivity contribution in [2.75, 3.05) is 0 Å². The lowest BCUT2D eigenvalue weighted by Gasteiger charge is -1.98. The van der Waals surface area contributed by atoms with Gasteiger partial charge in [-0.05, 0) is 24.3 Å². The molecule has 23 heavy (non-hydrogen) atoms. The summed E-state index contributed by atoms with van der Waals surface area (Å²) in [5.41, 5.74) is 12.1. The molecule has 1 amide bonds. The second kappa shape index (κ2) is 6.06. The van der Waals surface area contributed by atoms with E-state index in [0.29, 0.717) is 22.8 Å². The largest absolute Gasteiger partial charge is 0.370 e. The molecule has 0 aliphatic heterocycles. The fourth-order valence-electron chi connectivity index (χ4n) is 1.89. The molecule has 0 aliphatic carbocycles. The number of rotatable bonds is 3. The van der Waals surface area contributed by atoms with Crippen LogP contribution in [0.25, 0.3) is 22.8 Å². The van der Waals surface area contributed by atoms with E-state index in [0.717, 1.165) is 5.56 Å². The van der Waals surface area contributed by atoms with Crippen molar-refractivity contribution in [2.45, 2.75) is 0 Å². The molecule has 8 heteroatoms. The topological polar surface area (TPSA) is 133 Å². The third-order valence-corrected chi connectivity index (χ3v) is 2.96. The van der Waals surface area contributed by atoms with E-state index in [-0.39, 0.29) is 5.96 Å². The van der Waals surface area contributed by atoms with E-state index in [1.807, 2.05) is 6.07 Å². The average molecular weight is 308 g/mol. The van der Waals surface area contributed by atoms with Crippen LogP contribution in [0, 0.1) is 0 Å². The number of benzene rings is 1. The molecular weight excluding hydrogens is 296 g/mol. The van der Waals surface area contributed by atoms with Gasteiger partial charge in [0.15, 0.2) is 5.96 Å². The number of pyridine rings is 1. The Morgan fingerprint density at radius 2 is 1.87 bits per heavy atom. The van der Waals surface area contributed by atoms with Crippen LogP contribution in [0.5, 0.6) is 0 Å². The van der Waals surface area contributed by atoms with Gasteiger partial charge in [0.2, 0.25) is 5.82 Å². The van der Waals surface area contributed by atoms with E-state index in [2.05, 4.69) is 20.1 Å². The first-order valence-corrected chi connectivity index (χ1v) is 6.62. The quantitative estimate of drug-likeness (QED) is 0.548. The number of aliphatic imine (C=N–C) groups is 1. The van der Waals surface area contributed by atoms with Crippen LogP contribution < -0.4 is 11.5 Å². The number of hydrogen-bond donors (Lipinski definition) is 2. The standard InChI is InChI=1S/C15H12N6O2/c16-15(17)20-13(22)10-5-3-9(4-6-10)12-19-14(23-21-12)11-2-1-7-18-8-11/h1-8H,(H4,16,17,20,22). The van der Waals surface area contributed by atoms with Crippen molar-refractivity contribution in [1.29, 1.82) is 0 Å². The van der Waals surface area contributed by atoms with Gasteiger partial charge in [-0.1, -0.05) is 17.3 Å². The molecule has 0 saturated heterocycles. The molecule has 0 spiro atoms. The van der Waals surface area contributed by atoms with Crippen molar-refractivity contribution < 1.29 is 9.32 Å². The highest BCUT2D eigenvalue weighted by atomic mass is 16.5. The van der Waals surface area contributed by atoms with Gasteiger partial charge >= 0.3 is 0 Å². The number of nitrogens with two attached hydrogens (primary N) is 2. The van der Waals surface area contributed by atoms with Gasteiger partial charge in [0.05, 0.1) is 5.56 Å². The first kappa shape index (κ1) is 14.4. The summed E-state index contributed by atoms with van der Waals surface area (Å²) in [6.07, 6.45) is 3.29. The summed E-state index contributed by atoms with van der Waals surface area (Å²) in [6, 6.07) is 10.2. The highest BCUT2D eigenvalue weighted by Gasteiger charge is 2.11. The molecule has 1 aromatic carbocycles. The molecule has 3 aromatic rings. The zero-order valence-electron chi connectivity index (χ0n) is 11.9. The maximum atomic E-state index is 11.7. The van der Waals surface area contributed by atoms with Gasteiger partial charge in [0.25, 0.3) is 11.8 Å². The minimum atomic E-state index is -0.513. The lowest BCUT2D eigenvalue weighted by atomic mass is 10.1. The molecule has 0 unspecified atom stereocenters. The minimum Gasteiger partial charge on any atom is -0.370 e. The summed E-state index contributed by atoms with van der Waals surface area (Å²) >= 11 is 0. The van der Waals surface area contributed by atoms with Gasteiger partial charge < -0.3 is 16.0 Å². The molecule has 4 N–H and O–H groups in total. The summed E-state index contributed by atoms with van der Waals surface area (Å²) in [5.74, 6) is -0.0162. The van der Waals surface area contributed by atoms with Gasteiger partial charge in [0.1, 0.15) is 0 Å². The third-order valence-electron chi connectivity index (χ3n) is 2.96. The summed E-state index contributed by atoms with van der Waals surface area (Å²) in [6.45, 7) is 0. The fourth-order valence-corrected chi connectivity index (χ4v) is 1.89.